The molecule has 0 aromatic rings. The summed E-state index contributed by atoms with van der Waals surface area (Å²) in [5.41, 5.74) is 4.64. The summed E-state index contributed by atoms with van der Waals surface area (Å²) >= 11 is 0. The van der Waals surface area contributed by atoms with Crippen molar-refractivity contribution in [1.29, 1.82) is 0 Å². The molecule has 42 valence electrons. The Labute approximate surface area is 41.1 Å². The van der Waals surface area contributed by atoms with Gasteiger partial charge >= 0.3 is 0 Å². The van der Waals surface area contributed by atoms with E-state index in [1.165, 1.54) is 0 Å². The summed E-state index contributed by atoms with van der Waals surface area (Å²) in [6.45, 7) is -0.132. The van der Waals surface area contributed by atoms with Gasteiger partial charge in [-0.3, -0.25) is 0 Å². The van der Waals surface area contributed by atoms with Gasteiger partial charge in [0.25, 0.3) is 0 Å². The lowest BCUT2D eigenvalue weighted by atomic mass is 10.3. The lowest BCUT2D eigenvalue weighted by molar-refractivity contribution is 0.170. The van der Waals surface area contributed by atoms with E-state index in [2.05, 4.69) is 10.9 Å². The molecule has 4 heteroatoms. The molecule has 1 aliphatic heterocycles. The average Bonchev–Trinajstić information content (AvgIpc) is 2.46. The second kappa shape index (κ2) is 1.41. The molecule has 4 nitrogen and oxygen atoms in total. The summed E-state index contributed by atoms with van der Waals surface area (Å²) in [5.74, 6) is 0. The number of hydrazine groups is 1. The maximum Gasteiger partial charge on any atom is 0.141 e. The zero-order chi connectivity index (χ0) is 5.33. The van der Waals surface area contributed by atoms with Crippen molar-refractivity contribution in [2.75, 3.05) is 13.2 Å². The van der Waals surface area contributed by atoms with Gasteiger partial charge in [-0.15, -0.1) is 0 Å². The summed E-state index contributed by atoms with van der Waals surface area (Å²) < 4.78 is 0. The lowest BCUT2D eigenvalue weighted by Gasteiger charge is -1.98. The van der Waals surface area contributed by atoms with Gasteiger partial charge in [-0.2, -0.15) is 0 Å². The van der Waals surface area contributed by atoms with Crippen LogP contribution in [0.5, 0.6) is 0 Å². The van der Waals surface area contributed by atoms with Crippen LogP contribution < -0.4 is 10.9 Å². The van der Waals surface area contributed by atoms with Crippen molar-refractivity contribution in [3.63, 3.8) is 0 Å². The Hall–Kier alpha value is -0.160. The highest BCUT2D eigenvalue weighted by atomic mass is 16.3. The van der Waals surface area contributed by atoms with E-state index >= 15 is 0 Å². The van der Waals surface area contributed by atoms with Crippen LogP contribution in [-0.4, -0.2) is 29.1 Å². The number of aliphatic hydroxyl groups excluding tert-OH is 2. The third-order valence-corrected chi connectivity index (χ3v) is 1.02. The minimum absolute atomic E-state index is 0.0660. The van der Waals surface area contributed by atoms with E-state index in [0.29, 0.717) is 0 Å². The lowest BCUT2D eigenvalue weighted by Crippen LogP contribution is -2.27. The van der Waals surface area contributed by atoms with Crippen molar-refractivity contribution in [2.45, 2.75) is 5.66 Å². The molecule has 0 unspecified atom stereocenters. The number of nitrogens with one attached hydrogen (secondary N) is 2. The van der Waals surface area contributed by atoms with E-state index in [0.717, 1.165) is 0 Å². The first-order valence-electron chi connectivity index (χ1n) is 2.09. The molecule has 1 saturated heterocycles. The zero-order valence-corrected chi connectivity index (χ0v) is 3.81. The Morgan fingerprint density at radius 3 is 1.57 bits per heavy atom. The van der Waals surface area contributed by atoms with Gasteiger partial charge in [0.15, 0.2) is 0 Å². The van der Waals surface area contributed by atoms with Crippen LogP contribution >= 0.6 is 0 Å². The number of hydrogen-bond acceptors (Lipinski definition) is 4. The highest BCUT2D eigenvalue weighted by molar-refractivity contribution is 4.92. The topological polar surface area (TPSA) is 84.3 Å². The molecule has 7 heavy (non-hydrogen) atoms. The second-order valence-corrected chi connectivity index (χ2v) is 1.65. The first-order chi connectivity index (χ1) is 3.33. The van der Waals surface area contributed by atoms with Crippen LogP contribution in [0.4, 0.5) is 0 Å². The van der Waals surface area contributed by atoms with Crippen LogP contribution in [0.15, 0.2) is 0 Å². The Morgan fingerprint density at radius 1 is 1.14 bits per heavy atom. The van der Waals surface area contributed by atoms with Crippen LogP contribution in [0.25, 0.3) is 0 Å². The number of hydrogen-bond donors (Lipinski definition) is 4. The highest BCUT2D eigenvalue weighted by Crippen LogP contribution is 2.04. The Kier molecular flexibility index (Phi) is 1.01. The molecule has 0 aliphatic carbocycles. The molecule has 1 heterocycles. The van der Waals surface area contributed by atoms with Crippen LogP contribution in [0.3, 0.4) is 0 Å². The van der Waals surface area contributed by atoms with E-state index in [9.17, 15) is 0 Å². The van der Waals surface area contributed by atoms with Crippen molar-refractivity contribution >= 4 is 0 Å². The Balaban J connectivity index is 2.28. The zero-order valence-electron chi connectivity index (χ0n) is 3.81. The predicted molar refractivity (Wildman–Crippen MR) is 23.2 cm³/mol. The van der Waals surface area contributed by atoms with Gasteiger partial charge in [0.1, 0.15) is 5.66 Å². The minimum atomic E-state index is -0.556. The van der Waals surface area contributed by atoms with Gasteiger partial charge < -0.3 is 10.2 Å². The van der Waals surface area contributed by atoms with Gasteiger partial charge in [-0.25, -0.2) is 10.9 Å². The monoisotopic (exact) mass is 104 g/mol. The number of aliphatic hydroxyl groups is 2. The van der Waals surface area contributed by atoms with Crippen molar-refractivity contribution in [2.24, 2.45) is 0 Å². The van der Waals surface area contributed by atoms with Crippen molar-refractivity contribution < 1.29 is 10.2 Å². The normalized spacial score (nSPS) is 24.9. The molecule has 1 aliphatic rings. The summed E-state index contributed by atoms with van der Waals surface area (Å²) in [4.78, 5) is 0. The highest BCUT2D eigenvalue weighted by Gasteiger charge is 2.40. The van der Waals surface area contributed by atoms with Gasteiger partial charge in [-0.1, -0.05) is 0 Å². The van der Waals surface area contributed by atoms with E-state index < -0.39 is 5.66 Å². The molecule has 0 spiro atoms. The van der Waals surface area contributed by atoms with Gasteiger partial charge in [0, 0.05) is 0 Å². The molecular formula is C3H8N2O2. The fraction of sp³-hybridized carbons (Fsp3) is 1.00. The Bertz CT molecular complexity index is 65.3. The quantitative estimate of drug-likeness (QED) is 0.299. The molecule has 0 aromatic carbocycles. The molecular weight excluding hydrogens is 96.0 g/mol. The fourth-order valence-corrected chi connectivity index (χ4v) is 0.297. The molecule has 1 fully saturated rings. The van der Waals surface area contributed by atoms with Crippen molar-refractivity contribution in [3.8, 4) is 0 Å². The van der Waals surface area contributed by atoms with Crippen molar-refractivity contribution in [1.82, 2.24) is 10.9 Å². The van der Waals surface area contributed by atoms with Crippen LogP contribution in [0, 0.1) is 0 Å². The van der Waals surface area contributed by atoms with E-state index in [4.69, 9.17) is 10.2 Å². The minimum Gasteiger partial charge on any atom is -0.393 e. The first kappa shape index (κ1) is 4.99. The molecule has 4 N–H and O–H groups in total. The summed E-state index contributed by atoms with van der Waals surface area (Å²) in [5, 5.41) is 16.7. The van der Waals surface area contributed by atoms with Crippen LogP contribution in [-0.2, 0) is 0 Å². The molecule has 1 rings (SSSR count). The first-order valence-corrected chi connectivity index (χ1v) is 2.09. The predicted octanol–water partition coefficient (Wildman–Crippen LogP) is -2.22. The molecule has 0 radical (unpaired) electrons. The van der Waals surface area contributed by atoms with Crippen molar-refractivity contribution in [3.05, 3.63) is 0 Å². The summed E-state index contributed by atoms with van der Waals surface area (Å²) in [6.07, 6.45) is 0. The molecule has 0 saturated carbocycles. The van der Waals surface area contributed by atoms with Crippen LogP contribution in [0.1, 0.15) is 0 Å². The molecule has 0 atom stereocenters. The third kappa shape index (κ3) is 0.733. The van der Waals surface area contributed by atoms with E-state index in [1.807, 2.05) is 0 Å². The van der Waals surface area contributed by atoms with Crippen LogP contribution in [0.2, 0.25) is 0 Å². The molecule has 0 aromatic heterocycles. The maximum absolute atomic E-state index is 8.37. The van der Waals surface area contributed by atoms with Gasteiger partial charge in [0.2, 0.25) is 0 Å². The fourth-order valence-electron chi connectivity index (χ4n) is 0.297. The summed E-state index contributed by atoms with van der Waals surface area (Å²) in [6, 6.07) is 0. The van der Waals surface area contributed by atoms with Gasteiger partial charge in [0.05, 0.1) is 13.2 Å². The van der Waals surface area contributed by atoms with E-state index in [1.54, 1.807) is 0 Å². The largest absolute Gasteiger partial charge is 0.393 e. The second-order valence-electron chi connectivity index (χ2n) is 1.65. The Morgan fingerprint density at radius 2 is 1.57 bits per heavy atom. The van der Waals surface area contributed by atoms with E-state index in [-0.39, 0.29) is 13.2 Å². The van der Waals surface area contributed by atoms with Gasteiger partial charge in [-0.05, 0) is 0 Å². The average molecular weight is 104 g/mol. The maximum atomic E-state index is 8.37. The molecule has 0 amide bonds. The third-order valence-electron chi connectivity index (χ3n) is 1.02. The summed E-state index contributed by atoms with van der Waals surface area (Å²) in [7, 11) is 0. The molecule has 0 bridgehead atoms. The SMILES string of the molecule is OCC1(CO)NN1. The standard InChI is InChI=1S/C3H8N2O2/c6-1-3(2-7)4-5-3/h4-7H,1-2H2. The number of rotatable bonds is 2. The smallest absolute Gasteiger partial charge is 0.141 e.